The van der Waals surface area contributed by atoms with Crippen molar-refractivity contribution in [3.8, 4) is 0 Å². The Balaban J connectivity index is 2.21. The van der Waals surface area contributed by atoms with Crippen LogP contribution < -0.4 is 5.32 Å². The van der Waals surface area contributed by atoms with E-state index in [1.54, 1.807) is 12.1 Å². The number of aliphatic imine (C=N–C) groups is 1. The lowest BCUT2D eigenvalue weighted by atomic mass is 10.0. The second kappa shape index (κ2) is 5.69. The van der Waals surface area contributed by atoms with Crippen LogP contribution in [0.1, 0.15) is 11.1 Å². The third kappa shape index (κ3) is 2.91. The highest BCUT2D eigenvalue weighted by Crippen LogP contribution is 2.28. The van der Waals surface area contributed by atoms with Crippen LogP contribution in [0, 0.1) is 0 Å². The lowest BCUT2D eigenvalue weighted by Crippen LogP contribution is -2.21. The van der Waals surface area contributed by atoms with Crippen LogP contribution in [-0.4, -0.2) is 17.9 Å². The minimum atomic E-state index is -1.92. The van der Waals surface area contributed by atoms with Gasteiger partial charge in [-0.3, -0.25) is 4.79 Å². The molecule has 0 bridgehead atoms. The van der Waals surface area contributed by atoms with Gasteiger partial charge in [-0.05, 0) is 30.3 Å². The monoisotopic (exact) mass is 410 g/mol. The zero-order valence-corrected chi connectivity index (χ0v) is 13.8. The summed E-state index contributed by atoms with van der Waals surface area (Å²) in [5, 5.41) is 2.55. The number of benzodiazepines with no additional fused rings is 1. The van der Waals surface area contributed by atoms with Gasteiger partial charge in [0.2, 0.25) is 0 Å². The van der Waals surface area contributed by atoms with Crippen molar-refractivity contribution < 1.29 is 9.18 Å². The van der Waals surface area contributed by atoms with E-state index >= 15 is 0 Å². The standard InChI is InChI=1S/C15H9Br2FN2O/c16-9-3-1-8(2-4-9)13-11-7-10(17)5-6-12(11)19-15(21)14(18)20-13/h1-7,14H,(H,19,21). The fraction of sp³-hybridized carbons (Fsp3) is 0.0667. The van der Waals surface area contributed by atoms with Gasteiger partial charge in [0.15, 0.2) is 0 Å². The van der Waals surface area contributed by atoms with Crippen molar-refractivity contribution in [2.45, 2.75) is 6.30 Å². The maximum absolute atomic E-state index is 13.9. The molecule has 0 saturated heterocycles. The number of halogens is 3. The predicted octanol–water partition coefficient (Wildman–Crippen LogP) is 4.30. The maximum atomic E-state index is 13.9. The Bertz CT molecular complexity index is 744. The Labute approximate surface area is 137 Å². The molecule has 1 aliphatic heterocycles. The molecule has 1 heterocycles. The molecule has 2 aromatic rings. The molecule has 21 heavy (non-hydrogen) atoms. The molecule has 2 aromatic carbocycles. The summed E-state index contributed by atoms with van der Waals surface area (Å²) in [5.41, 5.74) is 2.42. The van der Waals surface area contributed by atoms with Gasteiger partial charge in [0.1, 0.15) is 0 Å². The van der Waals surface area contributed by atoms with Crippen LogP contribution in [-0.2, 0) is 4.79 Å². The first-order valence-electron chi connectivity index (χ1n) is 6.13. The van der Waals surface area contributed by atoms with E-state index in [-0.39, 0.29) is 0 Å². The average molecular weight is 412 g/mol. The maximum Gasteiger partial charge on any atom is 0.281 e. The molecular formula is C15H9Br2FN2O. The number of hydrogen-bond acceptors (Lipinski definition) is 2. The van der Waals surface area contributed by atoms with Crippen LogP contribution in [0.15, 0.2) is 56.4 Å². The number of carbonyl (C=O) groups is 1. The van der Waals surface area contributed by atoms with Crippen LogP contribution in [0.25, 0.3) is 0 Å². The van der Waals surface area contributed by atoms with Crippen LogP contribution >= 0.6 is 31.9 Å². The Morgan fingerprint density at radius 1 is 1.05 bits per heavy atom. The van der Waals surface area contributed by atoms with Gasteiger partial charge in [0.25, 0.3) is 12.2 Å². The van der Waals surface area contributed by atoms with E-state index in [0.29, 0.717) is 17.0 Å². The highest BCUT2D eigenvalue weighted by atomic mass is 79.9. The number of anilines is 1. The lowest BCUT2D eigenvalue weighted by molar-refractivity contribution is -0.120. The number of benzene rings is 2. The molecule has 3 nitrogen and oxygen atoms in total. The Kier molecular flexibility index (Phi) is 3.91. The molecule has 1 aliphatic rings. The Morgan fingerprint density at radius 2 is 1.71 bits per heavy atom. The van der Waals surface area contributed by atoms with Crippen molar-refractivity contribution in [3.05, 3.63) is 62.5 Å². The van der Waals surface area contributed by atoms with E-state index in [0.717, 1.165) is 14.5 Å². The summed E-state index contributed by atoms with van der Waals surface area (Å²) in [6.45, 7) is 0. The fourth-order valence-corrected chi connectivity index (χ4v) is 2.72. The molecular weight excluding hydrogens is 403 g/mol. The molecule has 3 rings (SSSR count). The molecule has 1 N–H and O–H groups in total. The summed E-state index contributed by atoms with van der Waals surface area (Å²) < 4.78 is 15.6. The van der Waals surface area contributed by atoms with Crippen LogP contribution in [0.2, 0.25) is 0 Å². The lowest BCUT2D eigenvalue weighted by Gasteiger charge is -2.10. The van der Waals surface area contributed by atoms with Crippen LogP contribution in [0.3, 0.4) is 0 Å². The van der Waals surface area contributed by atoms with Gasteiger partial charge in [0, 0.05) is 20.1 Å². The third-order valence-corrected chi connectivity index (χ3v) is 4.09. The first-order chi connectivity index (χ1) is 10.0. The van der Waals surface area contributed by atoms with E-state index in [1.807, 2.05) is 30.3 Å². The third-order valence-electron chi connectivity index (χ3n) is 3.07. The number of amides is 1. The number of rotatable bonds is 1. The fourth-order valence-electron chi connectivity index (χ4n) is 2.09. The molecule has 0 aromatic heterocycles. The largest absolute Gasteiger partial charge is 0.321 e. The first-order valence-corrected chi connectivity index (χ1v) is 7.72. The average Bonchev–Trinajstić information content (AvgIpc) is 2.58. The minimum Gasteiger partial charge on any atom is -0.321 e. The highest BCUT2D eigenvalue weighted by Gasteiger charge is 2.25. The summed E-state index contributed by atoms with van der Waals surface area (Å²) >= 11 is 6.75. The van der Waals surface area contributed by atoms with E-state index in [4.69, 9.17) is 0 Å². The molecule has 6 heteroatoms. The molecule has 0 saturated carbocycles. The Hall–Kier alpha value is -1.53. The quantitative estimate of drug-likeness (QED) is 0.698. The van der Waals surface area contributed by atoms with E-state index in [2.05, 4.69) is 42.2 Å². The van der Waals surface area contributed by atoms with E-state index < -0.39 is 12.2 Å². The first kappa shape index (κ1) is 14.4. The SMILES string of the molecule is O=C1Nc2ccc(Br)cc2C(c2ccc(Br)cc2)=NC1F. The van der Waals surface area contributed by atoms with Crippen molar-refractivity contribution in [1.82, 2.24) is 0 Å². The van der Waals surface area contributed by atoms with Crippen molar-refractivity contribution >= 4 is 49.2 Å². The topological polar surface area (TPSA) is 41.5 Å². The van der Waals surface area contributed by atoms with Crippen molar-refractivity contribution in [3.63, 3.8) is 0 Å². The number of nitrogens with one attached hydrogen (secondary N) is 1. The molecule has 0 spiro atoms. The van der Waals surface area contributed by atoms with Gasteiger partial charge in [-0.15, -0.1) is 0 Å². The van der Waals surface area contributed by atoms with E-state index in [1.165, 1.54) is 0 Å². The molecule has 1 atom stereocenters. The number of carbonyl (C=O) groups excluding carboxylic acids is 1. The molecule has 106 valence electrons. The summed E-state index contributed by atoms with van der Waals surface area (Å²) in [4.78, 5) is 15.6. The molecule has 0 fully saturated rings. The van der Waals surface area contributed by atoms with E-state index in [9.17, 15) is 9.18 Å². The number of alkyl halides is 1. The normalized spacial score (nSPS) is 17.6. The summed E-state index contributed by atoms with van der Waals surface area (Å²) in [6, 6.07) is 12.7. The zero-order chi connectivity index (χ0) is 15.0. The molecule has 1 unspecified atom stereocenters. The predicted molar refractivity (Wildman–Crippen MR) is 87.4 cm³/mol. The smallest absolute Gasteiger partial charge is 0.281 e. The van der Waals surface area contributed by atoms with Crippen molar-refractivity contribution in [2.24, 2.45) is 4.99 Å². The summed E-state index contributed by atoms with van der Waals surface area (Å²) in [7, 11) is 0. The second-order valence-electron chi connectivity index (χ2n) is 4.50. The van der Waals surface area contributed by atoms with Gasteiger partial charge in [-0.1, -0.05) is 44.0 Å². The minimum absolute atomic E-state index is 0.449. The number of nitrogens with zero attached hydrogens (tertiary/aromatic N) is 1. The van der Waals surface area contributed by atoms with Crippen LogP contribution in [0.4, 0.5) is 10.1 Å². The number of hydrogen-bond donors (Lipinski definition) is 1. The zero-order valence-electron chi connectivity index (χ0n) is 10.6. The second-order valence-corrected chi connectivity index (χ2v) is 6.33. The Morgan fingerprint density at radius 3 is 2.43 bits per heavy atom. The van der Waals surface area contributed by atoms with Crippen molar-refractivity contribution in [1.29, 1.82) is 0 Å². The van der Waals surface area contributed by atoms with Crippen molar-refractivity contribution in [2.75, 3.05) is 5.32 Å². The summed E-state index contributed by atoms with van der Waals surface area (Å²) in [5.74, 6) is -0.759. The van der Waals surface area contributed by atoms with Gasteiger partial charge in [-0.2, -0.15) is 0 Å². The van der Waals surface area contributed by atoms with Gasteiger partial charge < -0.3 is 5.32 Å². The molecule has 1 amide bonds. The molecule has 0 radical (unpaired) electrons. The van der Waals surface area contributed by atoms with Gasteiger partial charge in [0.05, 0.1) is 11.4 Å². The number of fused-ring (bicyclic) bond motifs is 1. The molecule has 0 aliphatic carbocycles. The highest BCUT2D eigenvalue weighted by molar-refractivity contribution is 9.10. The summed E-state index contributed by atoms with van der Waals surface area (Å²) in [6.07, 6.45) is -1.92. The van der Waals surface area contributed by atoms with Crippen LogP contribution in [0.5, 0.6) is 0 Å². The van der Waals surface area contributed by atoms with Gasteiger partial charge >= 0.3 is 0 Å². The van der Waals surface area contributed by atoms with Gasteiger partial charge in [-0.25, -0.2) is 9.38 Å².